The van der Waals surface area contributed by atoms with E-state index in [2.05, 4.69) is 5.32 Å². The van der Waals surface area contributed by atoms with Crippen LogP contribution in [0.2, 0.25) is 0 Å². The molecule has 1 fully saturated rings. The number of nitrogens with one attached hydrogen (secondary N) is 1. The molecule has 1 aromatic rings. The van der Waals surface area contributed by atoms with E-state index < -0.39 is 11.8 Å². The summed E-state index contributed by atoms with van der Waals surface area (Å²) in [6.45, 7) is 0.776. The number of para-hydroxylation sites is 1. The van der Waals surface area contributed by atoms with Crippen molar-refractivity contribution in [1.82, 2.24) is 4.90 Å². The van der Waals surface area contributed by atoms with Crippen molar-refractivity contribution in [3.05, 3.63) is 41.8 Å². The number of hydrogen-bond donors (Lipinski definition) is 1. The molecule has 0 aromatic heterocycles. The molecule has 2 aliphatic rings. The first kappa shape index (κ1) is 18.9. The molecule has 2 heterocycles. The highest BCUT2D eigenvalue weighted by Crippen LogP contribution is 2.20. The van der Waals surface area contributed by atoms with Crippen LogP contribution in [0.25, 0.3) is 0 Å². The molecule has 2 aliphatic heterocycles. The molecule has 0 unspecified atom stereocenters. The average Bonchev–Trinajstić information content (AvgIpc) is 3.00. The maximum Gasteiger partial charge on any atom is 0.347 e. The Balaban J connectivity index is 1.60. The van der Waals surface area contributed by atoms with Gasteiger partial charge in [-0.1, -0.05) is 37.5 Å². The summed E-state index contributed by atoms with van der Waals surface area (Å²) in [6.07, 6.45) is 5.34. The van der Waals surface area contributed by atoms with Gasteiger partial charge in [-0.2, -0.15) is 0 Å². The van der Waals surface area contributed by atoms with Gasteiger partial charge in [0.1, 0.15) is 0 Å². The van der Waals surface area contributed by atoms with Gasteiger partial charge in [0.25, 0.3) is 5.91 Å². The molecule has 0 radical (unpaired) electrons. The van der Waals surface area contributed by atoms with Crippen molar-refractivity contribution in [2.24, 2.45) is 0 Å². The lowest BCUT2D eigenvalue weighted by Gasteiger charge is -2.24. The molecule has 1 amide bonds. The largest absolute Gasteiger partial charge is 0.470 e. The molecular weight excluding hydrogens is 348 g/mol. The van der Waals surface area contributed by atoms with Crippen LogP contribution in [-0.4, -0.2) is 48.9 Å². The molecule has 0 bridgehead atoms. The molecule has 1 saturated heterocycles. The van der Waals surface area contributed by atoms with E-state index >= 15 is 0 Å². The molecule has 0 aliphatic carbocycles. The molecule has 0 spiro atoms. The Morgan fingerprint density at radius 2 is 1.70 bits per heavy atom. The maximum atomic E-state index is 12.4. The van der Waals surface area contributed by atoms with Crippen LogP contribution in [0, 0.1) is 0 Å². The molecule has 1 aromatic carbocycles. The number of benzene rings is 1. The molecular formula is C20H24N2O5. The number of hydrogen-bond acceptors (Lipinski definition) is 6. The highest BCUT2D eigenvalue weighted by molar-refractivity contribution is 6.20. The second-order valence-electron chi connectivity index (χ2n) is 6.63. The number of Topliss-reactive ketones (excluding diaryl/α,β-unsaturated/α-hetero) is 1. The number of esters is 1. The summed E-state index contributed by atoms with van der Waals surface area (Å²) in [4.78, 5) is 38.5. The van der Waals surface area contributed by atoms with Gasteiger partial charge in [-0.3, -0.25) is 9.59 Å². The predicted octanol–water partition coefficient (Wildman–Crippen LogP) is 2.25. The van der Waals surface area contributed by atoms with Gasteiger partial charge in [-0.25, -0.2) is 4.79 Å². The van der Waals surface area contributed by atoms with Crippen molar-refractivity contribution in [2.75, 3.05) is 31.6 Å². The smallest absolute Gasteiger partial charge is 0.347 e. The lowest BCUT2D eigenvalue weighted by Crippen LogP contribution is -2.37. The molecule has 27 heavy (non-hydrogen) atoms. The number of carbonyl (C=O) groups is 3. The van der Waals surface area contributed by atoms with Gasteiger partial charge in [0.15, 0.2) is 18.8 Å². The highest BCUT2D eigenvalue weighted by atomic mass is 16.5. The minimum atomic E-state index is -0.837. The van der Waals surface area contributed by atoms with Gasteiger partial charge < -0.3 is 19.7 Å². The number of ether oxygens (including phenoxy) is 2. The third kappa shape index (κ3) is 5.09. The lowest BCUT2D eigenvalue weighted by atomic mass is 10.1. The first-order chi connectivity index (χ1) is 13.1. The fourth-order valence-corrected chi connectivity index (χ4v) is 3.15. The summed E-state index contributed by atoms with van der Waals surface area (Å²) in [7, 11) is 0. The van der Waals surface area contributed by atoms with E-state index in [-0.39, 0.29) is 30.6 Å². The van der Waals surface area contributed by atoms with Crippen LogP contribution in [0.15, 0.2) is 41.8 Å². The summed E-state index contributed by atoms with van der Waals surface area (Å²) in [5.41, 5.74) is 0.503. The van der Waals surface area contributed by atoms with Gasteiger partial charge in [0, 0.05) is 18.8 Å². The first-order valence-electron chi connectivity index (χ1n) is 9.32. The molecule has 0 atom stereocenters. The standard InChI is InChI=1S/C20H24N2O5/c23-16-13-26-19(21-15-9-5-4-6-10-15)18(16)20(25)27-14-17(24)22-11-7-2-1-3-8-12-22/h4-6,9-10,21H,1-3,7-8,11-14H2. The van der Waals surface area contributed by atoms with Crippen molar-refractivity contribution >= 4 is 23.3 Å². The minimum absolute atomic E-state index is 0.0647. The van der Waals surface area contributed by atoms with Crippen LogP contribution in [0.4, 0.5) is 5.69 Å². The zero-order chi connectivity index (χ0) is 19.1. The highest BCUT2D eigenvalue weighted by Gasteiger charge is 2.33. The van der Waals surface area contributed by atoms with Crippen LogP contribution in [0.5, 0.6) is 0 Å². The van der Waals surface area contributed by atoms with E-state index in [4.69, 9.17) is 9.47 Å². The third-order valence-electron chi connectivity index (χ3n) is 4.62. The van der Waals surface area contributed by atoms with Crippen molar-refractivity contribution in [1.29, 1.82) is 0 Å². The van der Waals surface area contributed by atoms with E-state index in [9.17, 15) is 14.4 Å². The fraction of sp³-hybridized carbons (Fsp3) is 0.450. The van der Waals surface area contributed by atoms with E-state index in [1.54, 1.807) is 17.0 Å². The zero-order valence-corrected chi connectivity index (χ0v) is 15.2. The van der Waals surface area contributed by atoms with Crippen LogP contribution in [0.3, 0.4) is 0 Å². The summed E-state index contributed by atoms with van der Waals surface area (Å²) in [5.74, 6) is -1.46. The van der Waals surface area contributed by atoms with Gasteiger partial charge >= 0.3 is 5.97 Å². The normalized spacial score (nSPS) is 17.8. The number of amides is 1. The quantitative estimate of drug-likeness (QED) is 0.630. The monoisotopic (exact) mass is 372 g/mol. The summed E-state index contributed by atoms with van der Waals surface area (Å²) >= 11 is 0. The molecule has 144 valence electrons. The zero-order valence-electron chi connectivity index (χ0n) is 15.2. The second kappa shape index (κ2) is 9.21. The molecule has 1 N–H and O–H groups in total. The van der Waals surface area contributed by atoms with Gasteiger partial charge in [0.2, 0.25) is 11.7 Å². The molecule has 0 saturated carbocycles. The Bertz CT molecular complexity index is 721. The predicted molar refractivity (Wildman–Crippen MR) is 98.7 cm³/mol. The van der Waals surface area contributed by atoms with E-state index in [0.29, 0.717) is 18.8 Å². The maximum absolute atomic E-state index is 12.4. The molecule has 7 nitrogen and oxygen atoms in total. The topological polar surface area (TPSA) is 84.9 Å². The SMILES string of the molecule is O=C1COC(Nc2ccccc2)=C1C(=O)OCC(=O)N1CCCCCCC1. The Morgan fingerprint density at radius 3 is 2.41 bits per heavy atom. The molecule has 7 heteroatoms. The summed E-state index contributed by atoms with van der Waals surface area (Å²) in [5, 5.41) is 2.91. The van der Waals surface area contributed by atoms with Crippen LogP contribution in [-0.2, 0) is 23.9 Å². The molecule has 3 rings (SSSR count). The van der Waals surface area contributed by atoms with E-state index in [0.717, 1.165) is 25.7 Å². The summed E-state index contributed by atoms with van der Waals surface area (Å²) in [6, 6.07) is 9.06. The van der Waals surface area contributed by atoms with E-state index in [1.807, 2.05) is 18.2 Å². The Morgan fingerprint density at radius 1 is 1.04 bits per heavy atom. The number of anilines is 1. The van der Waals surface area contributed by atoms with Crippen molar-refractivity contribution < 1.29 is 23.9 Å². The fourth-order valence-electron chi connectivity index (χ4n) is 3.15. The Kier molecular flexibility index (Phi) is 6.46. The first-order valence-corrected chi connectivity index (χ1v) is 9.32. The van der Waals surface area contributed by atoms with Crippen LogP contribution < -0.4 is 5.32 Å². The number of rotatable bonds is 5. The van der Waals surface area contributed by atoms with Gasteiger partial charge in [0.05, 0.1) is 0 Å². The van der Waals surface area contributed by atoms with Crippen molar-refractivity contribution in [3.63, 3.8) is 0 Å². The second-order valence-corrected chi connectivity index (χ2v) is 6.63. The van der Waals surface area contributed by atoms with Gasteiger partial charge in [-0.05, 0) is 25.0 Å². The lowest BCUT2D eigenvalue weighted by molar-refractivity contribution is -0.149. The number of likely N-dealkylation sites (tertiary alicyclic amines) is 1. The Labute approximate surface area is 158 Å². The van der Waals surface area contributed by atoms with Crippen molar-refractivity contribution in [3.8, 4) is 0 Å². The van der Waals surface area contributed by atoms with Gasteiger partial charge in [-0.15, -0.1) is 0 Å². The van der Waals surface area contributed by atoms with E-state index in [1.165, 1.54) is 6.42 Å². The summed E-state index contributed by atoms with van der Waals surface area (Å²) < 4.78 is 10.4. The van der Waals surface area contributed by atoms with Crippen LogP contribution >= 0.6 is 0 Å². The minimum Gasteiger partial charge on any atom is -0.470 e. The average molecular weight is 372 g/mol. The third-order valence-corrected chi connectivity index (χ3v) is 4.62. The Hall–Kier alpha value is -2.83. The number of nitrogens with zero attached hydrogens (tertiary/aromatic N) is 1. The number of ketones is 1. The number of carbonyl (C=O) groups excluding carboxylic acids is 3. The van der Waals surface area contributed by atoms with Crippen molar-refractivity contribution in [2.45, 2.75) is 32.1 Å². The van der Waals surface area contributed by atoms with Crippen LogP contribution in [0.1, 0.15) is 32.1 Å².